The number of hydrogen-bond acceptors (Lipinski definition) is 3. The van der Waals surface area contributed by atoms with Gasteiger partial charge in [0.1, 0.15) is 0 Å². The minimum absolute atomic E-state index is 0.213. The first-order chi connectivity index (χ1) is 9.39. The third kappa shape index (κ3) is 3.05. The van der Waals surface area contributed by atoms with Gasteiger partial charge in [-0.1, -0.05) is 18.2 Å². The number of aliphatic hydroxyl groups is 1. The lowest BCUT2D eigenvalue weighted by molar-refractivity contribution is -0.201. The van der Waals surface area contributed by atoms with Crippen molar-refractivity contribution >= 4 is 16.8 Å². The number of nitrogens with one attached hydrogen (secondary N) is 1. The van der Waals surface area contributed by atoms with E-state index in [1.807, 2.05) is 0 Å². The summed E-state index contributed by atoms with van der Waals surface area (Å²) in [7, 11) is 0. The molecule has 0 bridgehead atoms. The monoisotopic (exact) mass is 284 g/mol. The van der Waals surface area contributed by atoms with E-state index in [1.54, 1.807) is 24.3 Å². The number of rotatable bonds is 3. The number of amides is 1. The van der Waals surface area contributed by atoms with E-state index in [0.717, 1.165) is 0 Å². The summed E-state index contributed by atoms with van der Waals surface area (Å²) in [5, 5.41) is 11.4. The van der Waals surface area contributed by atoms with Gasteiger partial charge in [-0.25, -0.2) is 0 Å². The number of halogens is 3. The molecule has 106 valence electrons. The molecular weight excluding hydrogens is 273 g/mol. The number of carbonyl (C=O) groups is 1. The molecule has 2 N–H and O–H groups in total. The van der Waals surface area contributed by atoms with E-state index in [0.29, 0.717) is 10.9 Å². The second-order valence-electron chi connectivity index (χ2n) is 4.14. The molecule has 0 saturated heterocycles. The maximum atomic E-state index is 12.1. The molecule has 1 amide bonds. The Morgan fingerprint density at radius 1 is 1.30 bits per heavy atom. The van der Waals surface area contributed by atoms with Gasteiger partial charge in [-0.3, -0.25) is 9.78 Å². The third-order valence-corrected chi connectivity index (χ3v) is 2.73. The largest absolute Gasteiger partial charge is 0.416 e. The Bertz CT molecular complexity index is 623. The van der Waals surface area contributed by atoms with Crippen LogP contribution in [0.4, 0.5) is 13.2 Å². The molecule has 0 aliphatic rings. The van der Waals surface area contributed by atoms with E-state index < -0.39 is 24.7 Å². The smallest absolute Gasteiger partial charge is 0.382 e. The second kappa shape index (κ2) is 5.46. The summed E-state index contributed by atoms with van der Waals surface area (Å²) < 4.78 is 36.4. The Kier molecular flexibility index (Phi) is 3.89. The number of para-hydroxylation sites is 1. The maximum Gasteiger partial charge on any atom is 0.416 e. The molecule has 1 aromatic heterocycles. The molecule has 0 aliphatic heterocycles. The van der Waals surface area contributed by atoms with Crippen LogP contribution >= 0.6 is 0 Å². The second-order valence-corrected chi connectivity index (χ2v) is 4.14. The van der Waals surface area contributed by atoms with Crippen LogP contribution in [-0.2, 0) is 0 Å². The van der Waals surface area contributed by atoms with Crippen LogP contribution in [0.3, 0.4) is 0 Å². The molecule has 0 saturated carbocycles. The third-order valence-electron chi connectivity index (χ3n) is 2.73. The highest BCUT2D eigenvalue weighted by atomic mass is 19.4. The zero-order chi connectivity index (χ0) is 14.8. The van der Waals surface area contributed by atoms with Crippen molar-refractivity contribution in [2.75, 3.05) is 6.54 Å². The van der Waals surface area contributed by atoms with Crippen LogP contribution in [0.1, 0.15) is 10.4 Å². The molecule has 1 unspecified atom stereocenters. The first-order valence-corrected chi connectivity index (χ1v) is 5.76. The van der Waals surface area contributed by atoms with Crippen molar-refractivity contribution in [1.29, 1.82) is 0 Å². The first kappa shape index (κ1) is 14.3. The molecule has 2 aromatic rings. The lowest BCUT2D eigenvalue weighted by Crippen LogP contribution is -2.40. The average Bonchev–Trinajstić information content (AvgIpc) is 2.42. The zero-order valence-corrected chi connectivity index (χ0v) is 10.2. The molecule has 1 aromatic carbocycles. The van der Waals surface area contributed by atoms with E-state index in [9.17, 15) is 18.0 Å². The summed E-state index contributed by atoms with van der Waals surface area (Å²) in [6.45, 7) is -0.890. The minimum Gasteiger partial charge on any atom is -0.382 e. The van der Waals surface area contributed by atoms with Crippen molar-refractivity contribution in [3.05, 3.63) is 42.1 Å². The van der Waals surface area contributed by atoms with Gasteiger partial charge in [0.15, 0.2) is 6.10 Å². The maximum absolute atomic E-state index is 12.1. The van der Waals surface area contributed by atoms with Crippen molar-refractivity contribution in [1.82, 2.24) is 10.3 Å². The first-order valence-electron chi connectivity index (χ1n) is 5.76. The molecule has 20 heavy (non-hydrogen) atoms. The minimum atomic E-state index is -4.76. The summed E-state index contributed by atoms with van der Waals surface area (Å²) in [6.07, 6.45) is -5.94. The van der Waals surface area contributed by atoms with Crippen LogP contribution in [0, 0.1) is 0 Å². The Morgan fingerprint density at radius 3 is 2.70 bits per heavy atom. The van der Waals surface area contributed by atoms with Crippen molar-refractivity contribution in [3.63, 3.8) is 0 Å². The van der Waals surface area contributed by atoms with Crippen LogP contribution in [0.15, 0.2) is 36.5 Å². The average molecular weight is 284 g/mol. The number of aromatic nitrogens is 1. The molecule has 0 spiro atoms. The van der Waals surface area contributed by atoms with Gasteiger partial charge in [0, 0.05) is 11.6 Å². The predicted molar refractivity (Wildman–Crippen MR) is 66.1 cm³/mol. The summed E-state index contributed by atoms with van der Waals surface area (Å²) in [5.41, 5.74) is 0.779. The zero-order valence-electron chi connectivity index (χ0n) is 10.2. The van der Waals surface area contributed by atoms with E-state index in [2.05, 4.69) is 10.3 Å². The number of pyridine rings is 1. The lowest BCUT2D eigenvalue weighted by Gasteiger charge is -2.15. The summed E-state index contributed by atoms with van der Waals surface area (Å²) in [6, 6.07) is 8.20. The molecule has 0 aliphatic carbocycles. The Balaban J connectivity index is 2.16. The van der Waals surface area contributed by atoms with Crippen LogP contribution < -0.4 is 5.32 Å². The lowest BCUT2D eigenvalue weighted by atomic mass is 10.1. The van der Waals surface area contributed by atoms with Crippen LogP contribution in [0.5, 0.6) is 0 Å². The van der Waals surface area contributed by atoms with Crippen LogP contribution in [0.2, 0.25) is 0 Å². The highest BCUT2D eigenvalue weighted by Gasteiger charge is 2.38. The van der Waals surface area contributed by atoms with Gasteiger partial charge in [-0.15, -0.1) is 0 Å². The number of nitrogens with zero attached hydrogens (tertiary/aromatic N) is 1. The number of alkyl halides is 3. The number of aliphatic hydroxyl groups excluding tert-OH is 1. The standard InChI is InChI=1S/C13H11F3N2O2/c14-13(15,16)11(19)7-18-12(20)9-5-6-17-10-4-2-1-3-8(9)10/h1-6,11,19H,7H2,(H,18,20). The molecule has 1 heterocycles. The molecule has 4 nitrogen and oxygen atoms in total. The van der Waals surface area contributed by atoms with Gasteiger partial charge in [0.25, 0.3) is 5.91 Å². The predicted octanol–water partition coefficient (Wildman–Crippen LogP) is 1.89. The fraction of sp³-hybridized carbons (Fsp3) is 0.231. The summed E-state index contributed by atoms with van der Waals surface area (Å²) in [5.74, 6) is -0.688. The molecule has 2 rings (SSSR count). The number of hydrogen-bond donors (Lipinski definition) is 2. The molecule has 0 radical (unpaired) electrons. The van der Waals surface area contributed by atoms with E-state index >= 15 is 0 Å². The molecular formula is C13H11F3N2O2. The van der Waals surface area contributed by atoms with E-state index in [-0.39, 0.29) is 5.56 Å². The fourth-order valence-electron chi connectivity index (χ4n) is 1.69. The van der Waals surface area contributed by atoms with Gasteiger partial charge in [0.05, 0.1) is 17.6 Å². The highest BCUT2D eigenvalue weighted by molar-refractivity contribution is 6.05. The van der Waals surface area contributed by atoms with Gasteiger partial charge < -0.3 is 10.4 Å². The highest BCUT2D eigenvalue weighted by Crippen LogP contribution is 2.20. The number of carbonyl (C=O) groups excluding carboxylic acids is 1. The summed E-state index contributed by atoms with van der Waals surface area (Å²) >= 11 is 0. The van der Waals surface area contributed by atoms with Gasteiger partial charge in [-0.05, 0) is 12.1 Å². The van der Waals surface area contributed by atoms with Crippen molar-refractivity contribution in [2.24, 2.45) is 0 Å². The Morgan fingerprint density at radius 2 is 2.00 bits per heavy atom. The van der Waals surface area contributed by atoms with Crippen LogP contribution in [0.25, 0.3) is 10.9 Å². The van der Waals surface area contributed by atoms with E-state index in [1.165, 1.54) is 12.3 Å². The molecule has 1 atom stereocenters. The number of fused-ring (bicyclic) bond motifs is 1. The van der Waals surface area contributed by atoms with Crippen LogP contribution in [-0.4, -0.2) is 34.8 Å². The number of benzene rings is 1. The van der Waals surface area contributed by atoms with Gasteiger partial charge in [0.2, 0.25) is 0 Å². The molecule has 0 fully saturated rings. The topological polar surface area (TPSA) is 62.2 Å². The van der Waals surface area contributed by atoms with Crippen molar-refractivity contribution < 1.29 is 23.1 Å². The molecule has 7 heteroatoms. The Hall–Kier alpha value is -2.15. The van der Waals surface area contributed by atoms with Crippen molar-refractivity contribution in [3.8, 4) is 0 Å². The normalized spacial score (nSPS) is 13.2. The Labute approximate surface area is 112 Å². The summed E-state index contributed by atoms with van der Waals surface area (Å²) in [4.78, 5) is 15.9. The quantitative estimate of drug-likeness (QED) is 0.904. The fourth-order valence-corrected chi connectivity index (χ4v) is 1.69. The van der Waals surface area contributed by atoms with E-state index in [4.69, 9.17) is 5.11 Å². The van der Waals surface area contributed by atoms with Crippen molar-refractivity contribution in [2.45, 2.75) is 12.3 Å². The SMILES string of the molecule is O=C(NCC(O)C(F)(F)F)c1ccnc2ccccc12. The van der Waals surface area contributed by atoms with Gasteiger partial charge in [-0.2, -0.15) is 13.2 Å². The van der Waals surface area contributed by atoms with Gasteiger partial charge >= 0.3 is 6.18 Å².